The summed E-state index contributed by atoms with van der Waals surface area (Å²) in [5, 5.41) is 13.5. The molecule has 3 N–H and O–H groups in total. The second-order valence-corrected chi connectivity index (χ2v) is 8.44. The van der Waals surface area contributed by atoms with Crippen molar-refractivity contribution in [3.63, 3.8) is 0 Å². The van der Waals surface area contributed by atoms with Crippen LogP contribution in [0.4, 0.5) is 0 Å². The van der Waals surface area contributed by atoms with Crippen molar-refractivity contribution >= 4 is 23.6 Å². The zero-order valence-corrected chi connectivity index (χ0v) is 17.9. The van der Waals surface area contributed by atoms with Crippen LogP contribution in [0.2, 0.25) is 0 Å². The minimum atomic E-state index is -0.696. The van der Waals surface area contributed by atoms with Crippen LogP contribution < -0.4 is 11.1 Å². The van der Waals surface area contributed by atoms with E-state index in [2.05, 4.69) is 17.5 Å². The molecule has 1 atom stereocenters. The summed E-state index contributed by atoms with van der Waals surface area (Å²) >= 11 is 1.26. The molecule has 0 saturated carbocycles. The summed E-state index contributed by atoms with van der Waals surface area (Å²) in [7, 11) is 0. The third kappa shape index (κ3) is 4.09. The summed E-state index contributed by atoms with van der Waals surface area (Å²) in [4.78, 5) is 26.8. The van der Waals surface area contributed by atoms with Crippen LogP contribution in [0.25, 0.3) is 0 Å². The lowest BCUT2D eigenvalue weighted by Crippen LogP contribution is -2.37. The number of nitriles is 1. The summed E-state index contributed by atoms with van der Waals surface area (Å²) in [6.07, 6.45) is 2.33. The molecule has 7 nitrogen and oxygen atoms in total. The maximum absolute atomic E-state index is 12.9. The first-order valence-corrected chi connectivity index (χ1v) is 10.9. The Hall–Kier alpha value is -3.44. The maximum Gasteiger partial charge on any atom is 0.247 e. The van der Waals surface area contributed by atoms with Crippen LogP contribution in [0.3, 0.4) is 0 Å². The molecule has 2 aliphatic rings. The highest BCUT2D eigenvalue weighted by Crippen LogP contribution is 2.40. The molecule has 8 heteroatoms. The number of carbonyl (C=O) groups excluding carboxylic acids is 2. The van der Waals surface area contributed by atoms with Crippen molar-refractivity contribution in [1.29, 1.82) is 5.26 Å². The Bertz CT molecular complexity index is 1130. The molecule has 1 aromatic heterocycles. The normalized spacial score (nSPS) is 18.3. The molecule has 0 fully saturated rings. The van der Waals surface area contributed by atoms with E-state index in [4.69, 9.17) is 10.2 Å². The SMILES string of the molecule is CC1=C(C(N)=O)[C@@H](c2ccco2)C(C#N)=C(SCC(=O)N2CCc3ccccc3C2)N1. The number of nitrogens with one attached hydrogen (secondary N) is 1. The number of nitrogens with two attached hydrogens (primary N) is 1. The molecule has 0 unspecified atom stereocenters. The predicted octanol–water partition coefficient (Wildman–Crippen LogP) is 2.78. The van der Waals surface area contributed by atoms with Gasteiger partial charge in [-0.1, -0.05) is 36.0 Å². The van der Waals surface area contributed by atoms with Crippen molar-refractivity contribution in [1.82, 2.24) is 10.2 Å². The first kappa shape index (κ1) is 20.8. The molecule has 2 amide bonds. The average molecular weight is 435 g/mol. The molecule has 31 heavy (non-hydrogen) atoms. The number of primary amides is 1. The molecule has 2 aliphatic heterocycles. The largest absolute Gasteiger partial charge is 0.468 e. The second kappa shape index (κ2) is 8.74. The number of nitrogens with zero attached hydrogens (tertiary/aromatic N) is 2. The van der Waals surface area contributed by atoms with E-state index in [0.717, 1.165) is 6.42 Å². The van der Waals surface area contributed by atoms with Gasteiger partial charge in [-0.3, -0.25) is 9.59 Å². The van der Waals surface area contributed by atoms with Crippen molar-refractivity contribution in [2.24, 2.45) is 5.73 Å². The van der Waals surface area contributed by atoms with Gasteiger partial charge in [-0.05, 0) is 36.6 Å². The number of hydrogen-bond acceptors (Lipinski definition) is 6. The van der Waals surface area contributed by atoms with Crippen LogP contribution in [-0.2, 0) is 22.6 Å². The summed E-state index contributed by atoms with van der Waals surface area (Å²) < 4.78 is 5.50. The van der Waals surface area contributed by atoms with Gasteiger partial charge in [0, 0.05) is 18.8 Å². The van der Waals surface area contributed by atoms with Crippen LogP contribution in [0.15, 0.2) is 69.0 Å². The van der Waals surface area contributed by atoms with Crippen molar-refractivity contribution < 1.29 is 14.0 Å². The van der Waals surface area contributed by atoms with E-state index in [0.29, 0.717) is 35.1 Å². The number of benzene rings is 1. The van der Waals surface area contributed by atoms with Crippen molar-refractivity contribution in [2.75, 3.05) is 12.3 Å². The molecular formula is C23H22N4O3S. The lowest BCUT2D eigenvalue weighted by Gasteiger charge is -2.30. The highest BCUT2D eigenvalue weighted by atomic mass is 32.2. The van der Waals surface area contributed by atoms with Crippen molar-refractivity contribution in [3.05, 3.63) is 81.4 Å². The zero-order chi connectivity index (χ0) is 22.0. The lowest BCUT2D eigenvalue weighted by atomic mass is 9.86. The van der Waals surface area contributed by atoms with E-state index in [1.807, 2.05) is 23.1 Å². The molecule has 0 saturated heterocycles. The Labute approximate surface area is 184 Å². The van der Waals surface area contributed by atoms with Crippen LogP contribution >= 0.6 is 11.8 Å². The fourth-order valence-corrected chi connectivity index (χ4v) is 5.02. The third-order valence-corrected chi connectivity index (χ3v) is 6.57. The average Bonchev–Trinajstić information content (AvgIpc) is 3.30. The first-order chi connectivity index (χ1) is 15.0. The molecule has 0 bridgehead atoms. The van der Waals surface area contributed by atoms with Crippen molar-refractivity contribution in [2.45, 2.75) is 25.8 Å². The number of hydrogen-bond donors (Lipinski definition) is 2. The summed E-state index contributed by atoms with van der Waals surface area (Å²) in [6, 6.07) is 13.7. The Morgan fingerprint density at radius 1 is 1.29 bits per heavy atom. The van der Waals surface area contributed by atoms with Gasteiger partial charge in [0.1, 0.15) is 5.76 Å². The van der Waals surface area contributed by atoms with Gasteiger partial charge in [-0.2, -0.15) is 5.26 Å². The maximum atomic E-state index is 12.9. The molecule has 0 spiro atoms. The molecule has 2 aromatic rings. The van der Waals surface area contributed by atoms with Crippen LogP contribution in [0, 0.1) is 11.3 Å². The van der Waals surface area contributed by atoms with Gasteiger partial charge in [-0.15, -0.1) is 0 Å². The molecule has 0 radical (unpaired) electrons. The van der Waals surface area contributed by atoms with E-state index < -0.39 is 11.8 Å². The number of furan rings is 1. The Balaban J connectivity index is 1.54. The van der Waals surface area contributed by atoms with Gasteiger partial charge in [0.2, 0.25) is 11.8 Å². The Morgan fingerprint density at radius 3 is 2.74 bits per heavy atom. The van der Waals surface area contributed by atoms with Gasteiger partial charge in [0.15, 0.2) is 0 Å². The van der Waals surface area contributed by atoms with Gasteiger partial charge in [0.05, 0.1) is 40.2 Å². The smallest absolute Gasteiger partial charge is 0.247 e. The van der Waals surface area contributed by atoms with E-state index in [1.165, 1.54) is 29.2 Å². The Kier molecular flexibility index (Phi) is 5.87. The number of thioether (sulfide) groups is 1. The number of fused-ring (bicyclic) bond motifs is 1. The van der Waals surface area contributed by atoms with Crippen LogP contribution in [0.1, 0.15) is 29.7 Å². The number of dihydropyridines is 1. The monoisotopic (exact) mass is 434 g/mol. The van der Waals surface area contributed by atoms with Gasteiger partial charge in [0.25, 0.3) is 0 Å². The highest BCUT2D eigenvalue weighted by Gasteiger charge is 2.35. The van der Waals surface area contributed by atoms with Crippen LogP contribution in [-0.4, -0.2) is 29.0 Å². The highest BCUT2D eigenvalue weighted by molar-refractivity contribution is 8.03. The van der Waals surface area contributed by atoms with Crippen LogP contribution in [0.5, 0.6) is 0 Å². The predicted molar refractivity (Wildman–Crippen MR) is 117 cm³/mol. The fraction of sp³-hybridized carbons (Fsp3) is 0.261. The summed E-state index contributed by atoms with van der Waals surface area (Å²) in [6.45, 7) is 2.99. The standard InChI is InChI=1S/C23H22N4O3S/c1-14-20(22(25)29)21(18-7-4-10-30-18)17(11-24)23(26-14)31-13-19(28)27-9-8-15-5-2-3-6-16(15)12-27/h2-7,10,21,26H,8-9,12-13H2,1H3,(H2,25,29)/t21-/m1/s1. The third-order valence-electron chi connectivity index (χ3n) is 5.56. The van der Waals surface area contributed by atoms with E-state index in [1.54, 1.807) is 19.1 Å². The van der Waals surface area contributed by atoms with Gasteiger partial charge >= 0.3 is 0 Å². The fourth-order valence-electron chi connectivity index (χ4n) is 4.03. The number of rotatable bonds is 5. The zero-order valence-electron chi connectivity index (χ0n) is 17.1. The summed E-state index contributed by atoms with van der Waals surface area (Å²) in [5.41, 5.74) is 9.20. The molecular weight excluding hydrogens is 412 g/mol. The minimum absolute atomic E-state index is 0.00275. The Morgan fingerprint density at radius 2 is 2.06 bits per heavy atom. The van der Waals surface area contributed by atoms with Gasteiger partial charge < -0.3 is 20.4 Å². The van der Waals surface area contributed by atoms with E-state index >= 15 is 0 Å². The first-order valence-electron chi connectivity index (χ1n) is 9.92. The number of allylic oxidation sites excluding steroid dienone is 2. The molecule has 3 heterocycles. The second-order valence-electron chi connectivity index (χ2n) is 7.45. The van der Waals surface area contributed by atoms with Gasteiger partial charge in [-0.25, -0.2) is 0 Å². The van der Waals surface area contributed by atoms with E-state index in [9.17, 15) is 14.9 Å². The summed E-state index contributed by atoms with van der Waals surface area (Å²) in [5.74, 6) is -0.671. The van der Waals surface area contributed by atoms with Crippen molar-refractivity contribution in [3.8, 4) is 6.07 Å². The molecule has 0 aliphatic carbocycles. The topological polar surface area (TPSA) is 112 Å². The molecule has 1 aromatic carbocycles. The number of carbonyl (C=O) groups is 2. The van der Waals surface area contributed by atoms with E-state index in [-0.39, 0.29) is 17.2 Å². The molecule has 4 rings (SSSR count). The lowest BCUT2D eigenvalue weighted by molar-refractivity contribution is -0.129. The quantitative estimate of drug-likeness (QED) is 0.748. The molecule has 158 valence electrons. The minimum Gasteiger partial charge on any atom is -0.468 e. The number of amides is 2.